The van der Waals surface area contributed by atoms with Crippen molar-refractivity contribution in [3.05, 3.63) is 30.2 Å². The second-order valence-electron chi connectivity index (χ2n) is 8.65. The lowest BCUT2D eigenvalue weighted by Gasteiger charge is -2.26. The van der Waals surface area contributed by atoms with Gasteiger partial charge in [0.25, 0.3) is 0 Å². The molecule has 7 nitrogen and oxygen atoms in total. The predicted molar refractivity (Wildman–Crippen MR) is 112 cm³/mol. The van der Waals surface area contributed by atoms with Crippen LogP contribution >= 0.6 is 0 Å². The molecule has 1 aromatic carbocycles. The molecule has 2 aliphatic rings. The zero-order chi connectivity index (χ0) is 22.3. The average molecular weight is 447 g/mol. The summed E-state index contributed by atoms with van der Waals surface area (Å²) in [6.45, 7) is -0.317. The van der Waals surface area contributed by atoms with Crippen LogP contribution in [0.5, 0.6) is 0 Å². The number of anilines is 1. The van der Waals surface area contributed by atoms with Crippen molar-refractivity contribution in [3.63, 3.8) is 0 Å². The number of benzene rings is 1. The quantitative estimate of drug-likeness (QED) is 0.532. The van der Waals surface area contributed by atoms with Crippen LogP contribution in [-0.4, -0.2) is 33.3 Å². The summed E-state index contributed by atoms with van der Waals surface area (Å²) in [5.74, 6) is 0.787. The van der Waals surface area contributed by atoms with Gasteiger partial charge in [-0.25, -0.2) is 0 Å². The summed E-state index contributed by atoms with van der Waals surface area (Å²) < 4.78 is 46.6. The Hall–Kier alpha value is -3.04. The molecule has 5 rings (SSSR count). The molecule has 2 aromatic heterocycles. The molecule has 3 aromatic rings. The number of nitrogens with zero attached hydrogens (tertiary/aromatic N) is 3. The van der Waals surface area contributed by atoms with Crippen LogP contribution in [0.15, 0.2) is 28.8 Å². The van der Waals surface area contributed by atoms with E-state index in [0.29, 0.717) is 16.8 Å². The lowest BCUT2D eigenvalue weighted by molar-refractivity contribution is -0.139. The Bertz CT molecular complexity index is 1130. The number of aromatic nitrogens is 3. The van der Waals surface area contributed by atoms with Gasteiger partial charge in [-0.05, 0) is 49.8 Å². The maximum absolute atomic E-state index is 13.4. The first kappa shape index (κ1) is 20.8. The average Bonchev–Trinajstić information content (AvgIpc) is 3.36. The zero-order valence-corrected chi connectivity index (χ0v) is 17.4. The van der Waals surface area contributed by atoms with Gasteiger partial charge in [-0.1, -0.05) is 17.6 Å². The third kappa shape index (κ3) is 4.44. The fourth-order valence-corrected chi connectivity index (χ4v) is 4.01. The van der Waals surface area contributed by atoms with Crippen molar-refractivity contribution in [2.24, 2.45) is 11.8 Å². The SMILES string of the molecule is O=C(NCc1nc(-c2cc3c(NCC4CCC4)cccc3n2CC(F)(F)F)no1)C1CC1. The van der Waals surface area contributed by atoms with E-state index in [9.17, 15) is 18.0 Å². The highest BCUT2D eigenvalue weighted by Crippen LogP contribution is 2.35. The number of carbonyl (C=O) groups excluding carboxylic acids is 1. The molecule has 0 bridgehead atoms. The van der Waals surface area contributed by atoms with Crippen molar-refractivity contribution >= 4 is 22.5 Å². The minimum atomic E-state index is -4.42. The van der Waals surface area contributed by atoms with Gasteiger partial charge in [0.05, 0.1) is 17.8 Å². The topological polar surface area (TPSA) is 85.0 Å². The minimum absolute atomic E-state index is 0.0394. The van der Waals surface area contributed by atoms with Crippen LogP contribution in [-0.2, 0) is 17.9 Å². The van der Waals surface area contributed by atoms with E-state index in [1.54, 1.807) is 18.2 Å². The van der Waals surface area contributed by atoms with Gasteiger partial charge in [0, 0.05) is 23.5 Å². The first-order chi connectivity index (χ1) is 15.4. The van der Waals surface area contributed by atoms with Crippen molar-refractivity contribution in [1.29, 1.82) is 0 Å². The number of hydrogen-bond acceptors (Lipinski definition) is 5. The van der Waals surface area contributed by atoms with E-state index in [1.165, 1.54) is 23.8 Å². The second kappa shape index (κ2) is 8.14. The Balaban J connectivity index is 1.45. The summed E-state index contributed by atoms with van der Waals surface area (Å²) >= 11 is 0. The molecule has 2 fully saturated rings. The number of carbonyl (C=O) groups is 1. The van der Waals surface area contributed by atoms with Gasteiger partial charge < -0.3 is 19.7 Å². The molecule has 2 N–H and O–H groups in total. The number of fused-ring (bicyclic) bond motifs is 1. The summed E-state index contributed by atoms with van der Waals surface area (Å²) in [7, 11) is 0. The van der Waals surface area contributed by atoms with E-state index in [4.69, 9.17) is 4.52 Å². The third-order valence-electron chi connectivity index (χ3n) is 6.15. The Labute approximate surface area is 182 Å². The number of amides is 1. The molecule has 2 aliphatic carbocycles. The molecule has 170 valence electrons. The van der Waals surface area contributed by atoms with Crippen molar-refractivity contribution in [1.82, 2.24) is 20.0 Å². The highest BCUT2D eigenvalue weighted by Gasteiger charge is 2.32. The Morgan fingerprint density at radius 2 is 2.03 bits per heavy atom. The van der Waals surface area contributed by atoms with Crippen LogP contribution in [0.4, 0.5) is 18.9 Å². The van der Waals surface area contributed by atoms with Crippen LogP contribution in [0.2, 0.25) is 0 Å². The number of rotatable bonds is 8. The summed E-state index contributed by atoms with van der Waals surface area (Å²) in [5.41, 5.74) is 1.46. The normalized spacial score (nSPS) is 16.8. The zero-order valence-electron chi connectivity index (χ0n) is 17.4. The predicted octanol–water partition coefficient (Wildman–Crippen LogP) is 4.49. The molecular formula is C22H24F3N5O2. The molecule has 10 heteroatoms. The maximum atomic E-state index is 13.4. The van der Waals surface area contributed by atoms with Gasteiger partial charge in [-0.3, -0.25) is 4.79 Å². The van der Waals surface area contributed by atoms with Crippen molar-refractivity contribution in [2.75, 3.05) is 11.9 Å². The van der Waals surface area contributed by atoms with Gasteiger partial charge in [0.15, 0.2) is 0 Å². The molecule has 2 saturated carbocycles. The van der Waals surface area contributed by atoms with Crippen molar-refractivity contribution < 1.29 is 22.5 Å². The molecule has 0 unspecified atom stereocenters. The number of nitrogens with one attached hydrogen (secondary N) is 2. The first-order valence-electron chi connectivity index (χ1n) is 10.9. The number of halogens is 3. The smallest absolute Gasteiger partial charge is 0.384 e. The van der Waals surface area contributed by atoms with Crippen LogP contribution in [0.25, 0.3) is 22.4 Å². The highest BCUT2D eigenvalue weighted by atomic mass is 19.4. The monoisotopic (exact) mass is 447 g/mol. The molecule has 0 spiro atoms. The minimum Gasteiger partial charge on any atom is -0.384 e. The summed E-state index contributed by atoms with van der Waals surface area (Å²) in [4.78, 5) is 16.1. The van der Waals surface area contributed by atoms with Gasteiger partial charge in [-0.15, -0.1) is 0 Å². The van der Waals surface area contributed by atoms with E-state index in [0.717, 1.165) is 25.1 Å². The van der Waals surface area contributed by atoms with Crippen LogP contribution in [0.3, 0.4) is 0 Å². The van der Waals surface area contributed by atoms with E-state index < -0.39 is 12.7 Å². The molecule has 0 atom stereocenters. The van der Waals surface area contributed by atoms with Gasteiger partial charge in [0.1, 0.15) is 6.54 Å². The lowest BCUT2D eigenvalue weighted by Crippen LogP contribution is -2.24. The second-order valence-corrected chi connectivity index (χ2v) is 8.65. The molecule has 32 heavy (non-hydrogen) atoms. The molecular weight excluding hydrogens is 423 g/mol. The fraction of sp³-hybridized carbons (Fsp3) is 0.500. The van der Waals surface area contributed by atoms with Crippen molar-refractivity contribution in [3.8, 4) is 11.5 Å². The van der Waals surface area contributed by atoms with E-state index in [-0.39, 0.29) is 35.8 Å². The first-order valence-corrected chi connectivity index (χ1v) is 10.9. The fourth-order valence-electron chi connectivity index (χ4n) is 4.01. The van der Waals surface area contributed by atoms with Crippen LogP contribution < -0.4 is 10.6 Å². The van der Waals surface area contributed by atoms with E-state index in [2.05, 4.69) is 20.8 Å². The summed E-state index contributed by atoms with van der Waals surface area (Å²) in [6, 6.07) is 6.95. The molecule has 2 heterocycles. The van der Waals surface area contributed by atoms with Gasteiger partial charge in [0.2, 0.25) is 17.6 Å². The number of hydrogen-bond donors (Lipinski definition) is 2. The van der Waals surface area contributed by atoms with Crippen LogP contribution in [0.1, 0.15) is 38.0 Å². The summed E-state index contributed by atoms with van der Waals surface area (Å²) in [5, 5.41) is 10.7. The Morgan fingerprint density at radius 3 is 2.72 bits per heavy atom. The van der Waals surface area contributed by atoms with E-state index >= 15 is 0 Å². The lowest BCUT2D eigenvalue weighted by atomic mass is 9.85. The molecule has 0 aliphatic heterocycles. The highest BCUT2D eigenvalue weighted by molar-refractivity contribution is 5.96. The third-order valence-corrected chi connectivity index (χ3v) is 6.15. The van der Waals surface area contributed by atoms with Crippen molar-refractivity contribution in [2.45, 2.75) is 51.4 Å². The largest absolute Gasteiger partial charge is 0.406 e. The summed E-state index contributed by atoms with van der Waals surface area (Å²) in [6.07, 6.45) is 0.897. The Kier molecular flexibility index (Phi) is 5.30. The van der Waals surface area contributed by atoms with Gasteiger partial charge in [-0.2, -0.15) is 18.2 Å². The molecule has 0 radical (unpaired) electrons. The molecule has 0 saturated heterocycles. The Morgan fingerprint density at radius 1 is 1.22 bits per heavy atom. The number of alkyl halides is 3. The maximum Gasteiger partial charge on any atom is 0.406 e. The van der Waals surface area contributed by atoms with Gasteiger partial charge >= 0.3 is 6.18 Å². The molecule has 1 amide bonds. The van der Waals surface area contributed by atoms with E-state index in [1.807, 2.05) is 6.07 Å². The van der Waals surface area contributed by atoms with Crippen LogP contribution in [0, 0.1) is 11.8 Å². The standard InChI is InChI=1S/C22H24F3N5O2/c23-22(24,25)12-30-17-6-2-5-16(26-10-13-3-1-4-13)15(17)9-18(30)20-28-19(32-29-20)11-27-21(31)14-7-8-14/h2,5-6,9,13-14,26H,1,3-4,7-8,10-12H2,(H,27,31).